The zero-order valence-electron chi connectivity index (χ0n) is 25.3. The Morgan fingerprint density at radius 3 is 2.55 bits per heavy atom. The maximum Gasteiger partial charge on any atom is 0.267 e. The number of aromatic nitrogens is 1. The summed E-state index contributed by atoms with van der Waals surface area (Å²) in [5.74, 6) is -2.30. The third-order valence-corrected chi connectivity index (χ3v) is 10.8. The fraction of sp³-hybridized carbons (Fsp3) is 0.250. The van der Waals surface area contributed by atoms with Crippen LogP contribution < -0.4 is 24.8 Å². The summed E-state index contributed by atoms with van der Waals surface area (Å²) in [4.78, 5) is 40.5. The number of carbonyl (C=O) groups is 3. The second-order valence-electron chi connectivity index (χ2n) is 10.9. The van der Waals surface area contributed by atoms with E-state index in [0.717, 1.165) is 36.4 Å². The number of carboxylic acid groups (broad SMARTS) is 1. The number of aldehydes is 1. The van der Waals surface area contributed by atoms with Gasteiger partial charge in [0.05, 0.1) is 45.5 Å². The number of fused-ring (bicyclic) bond motifs is 2. The molecule has 1 aliphatic heterocycles. The maximum absolute atomic E-state index is 13.3. The zero-order valence-corrected chi connectivity index (χ0v) is 28.5. The first kappa shape index (κ1) is 34.4. The summed E-state index contributed by atoms with van der Waals surface area (Å²) in [5, 5.41) is 16.8. The van der Waals surface area contributed by atoms with E-state index in [1.165, 1.54) is 47.1 Å². The normalized spacial score (nSPS) is 14.3. The smallest absolute Gasteiger partial charge is 0.267 e. The number of nitrogens with zero attached hydrogens (tertiary/aromatic N) is 3. The van der Waals surface area contributed by atoms with E-state index in [9.17, 15) is 32.5 Å². The van der Waals surface area contributed by atoms with Crippen LogP contribution >= 0.6 is 34.7 Å². The lowest BCUT2D eigenvalue weighted by atomic mass is 10.1. The molecule has 246 valence electrons. The molecular weight excluding hydrogens is 684 g/mol. The molecule has 47 heavy (non-hydrogen) atoms. The second-order valence-corrected chi connectivity index (χ2v) is 15.0. The summed E-state index contributed by atoms with van der Waals surface area (Å²) in [6, 6.07) is 16.5. The number of thiazole rings is 1. The number of halogens is 1. The van der Waals surface area contributed by atoms with Crippen molar-refractivity contribution in [1.29, 1.82) is 0 Å². The van der Waals surface area contributed by atoms with Crippen molar-refractivity contribution < 1.29 is 37.0 Å². The molecule has 2 heterocycles. The number of hydrogen-bond donors (Lipinski definition) is 1. The molecule has 15 heteroatoms. The molecule has 1 N–H and O–H groups in total. The summed E-state index contributed by atoms with van der Waals surface area (Å²) >= 11 is 9.35. The third-order valence-electron chi connectivity index (χ3n) is 7.52. The molecule has 11 nitrogen and oxygen atoms in total. The van der Waals surface area contributed by atoms with E-state index in [-0.39, 0.29) is 19.6 Å². The molecule has 0 saturated carbocycles. The minimum Gasteiger partial charge on any atom is -0.748 e. The Morgan fingerprint density at radius 2 is 1.87 bits per heavy atom. The summed E-state index contributed by atoms with van der Waals surface area (Å²) < 4.78 is 36.8. The van der Waals surface area contributed by atoms with Crippen LogP contribution in [0.2, 0.25) is 5.02 Å². The van der Waals surface area contributed by atoms with Crippen molar-refractivity contribution in [2.75, 3.05) is 28.6 Å². The van der Waals surface area contributed by atoms with E-state index < -0.39 is 33.8 Å². The topological polar surface area (TPSA) is 154 Å². The number of carboxylic acids is 1. The SMILES string of the molecule is Cc1ccc2c(c1)N(CCCS(=O)(=O)[O-])/C(=C/c1sc3ccc(Cl)cc3[n+]1CNC(=O)CN(c1ccc(C=O)cc1)C(C)C(=O)[O-])S2. The van der Waals surface area contributed by atoms with E-state index in [1.807, 2.05) is 46.7 Å². The van der Waals surface area contributed by atoms with E-state index in [1.54, 1.807) is 24.3 Å². The first-order valence-corrected chi connectivity index (χ1v) is 18.0. The predicted octanol–water partition coefficient (Wildman–Crippen LogP) is 3.53. The van der Waals surface area contributed by atoms with Gasteiger partial charge in [-0.25, -0.2) is 8.42 Å². The number of thioether (sulfide) groups is 1. The fourth-order valence-corrected chi connectivity index (χ4v) is 8.01. The Kier molecular flexibility index (Phi) is 10.6. The number of benzene rings is 3. The highest BCUT2D eigenvalue weighted by Crippen LogP contribution is 2.47. The highest BCUT2D eigenvalue weighted by Gasteiger charge is 2.29. The van der Waals surface area contributed by atoms with E-state index in [4.69, 9.17) is 11.6 Å². The molecule has 1 unspecified atom stereocenters. The van der Waals surface area contributed by atoms with Gasteiger partial charge in [0.1, 0.15) is 11.0 Å². The minimum absolute atomic E-state index is 0.0288. The van der Waals surface area contributed by atoms with Crippen LogP contribution in [0.3, 0.4) is 0 Å². The molecule has 0 fully saturated rings. The molecule has 1 aromatic heterocycles. The van der Waals surface area contributed by atoms with Crippen LogP contribution in [0.25, 0.3) is 16.3 Å². The number of nitrogens with one attached hydrogen (secondary N) is 1. The Morgan fingerprint density at radius 1 is 1.13 bits per heavy atom. The molecule has 5 rings (SSSR count). The van der Waals surface area contributed by atoms with Crippen LogP contribution in [0.5, 0.6) is 0 Å². The molecule has 1 atom stereocenters. The van der Waals surface area contributed by atoms with E-state index in [0.29, 0.717) is 29.1 Å². The Labute approximate surface area is 285 Å². The maximum atomic E-state index is 13.3. The number of rotatable bonds is 13. The van der Waals surface area contributed by atoms with Gasteiger partial charge in [-0.15, -0.1) is 0 Å². The molecular formula is C32H30ClN4O7S3-. The van der Waals surface area contributed by atoms with Crippen LogP contribution in [0.15, 0.2) is 70.6 Å². The molecule has 0 saturated heterocycles. The van der Waals surface area contributed by atoms with Crippen molar-refractivity contribution in [1.82, 2.24) is 5.32 Å². The largest absolute Gasteiger partial charge is 0.748 e. The standard InChI is InChI=1S/C32H31ClN4O7S3/c1-20-4-10-27-25(14-20)35(12-3-13-47(42,43)44)30(45-27)16-31-37(26-15-23(33)7-11-28(26)46-31)19-34-29(39)17-36(21(2)32(40)41)24-8-5-22(18-38)6-9-24/h4-11,14-16,18,21H,3,12-13,17,19H2,1-2H3,(H2-,34,39,40,41,42,43,44)/p-1. The summed E-state index contributed by atoms with van der Waals surface area (Å²) in [7, 11) is -4.37. The quantitative estimate of drug-likeness (QED) is 0.124. The third kappa shape index (κ3) is 8.32. The summed E-state index contributed by atoms with van der Waals surface area (Å²) in [6.45, 7) is 3.43. The molecule has 0 spiro atoms. The van der Waals surface area contributed by atoms with Gasteiger partial charge in [-0.1, -0.05) is 40.8 Å². The van der Waals surface area contributed by atoms with Gasteiger partial charge < -0.3 is 24.3 Å². The Balaban J connectivity index is 1.44. The Hall–Kier alpha value is -3.95. The van der Waals surface area contributed by atoms with Gasteiger partial charge in [0.15, 0.2) is 0 Å². The molecule has 1 aliphatic rings. The molecule has 0 radical (unpaired) electrons. The number of aliphatic carboxylic acids is 1. The van der Waals surface area contributed by atoms with Crippen molar-refractivity contribution in [3.05, 3.63) is 86.8 Å². The lowest BCUT2D eigenvalue weighted by Crippen LogP contribution is -2.52. The Bertz CT molecular complexity index is 1980. The lowest BCUT2D eigenvalue weighted by Gasteiger charge is -2.31. The first-order valence-electron chi connectivity index (χ1n) is 14.5. The average molecular weight is 714 g/mol. The number of aryl methyl sites for hydroxylation is 1. The van der Waals surface area contributed by atoms with Gasteiger partial charge >= 0.3 is 0 Å². The van der Waals surface area contributed by atoms with Gasteiger partial charge in [0, 0.05) is 39.5 Å². The summed E-state index contributed by atoms with van der Waals surface area (Å²) in [5.41, 5.74) is 3.55. The highest BCUT2D eigenvalue weighted by molar-refractivity contribution is 8.03. The minimum atomic E-state index is -4.37. The van der Waals surface area contributed by atoms with Crippen LogP contribution in [-0.2, 0) is 26.4 Å². The molecule has 0 aliphatic carbocycles. The number of amides is 1. The van der Waals surface area contributed by atoms with E-state index in [2.05, 4.69) is 5.32 Å². The van der Waals surface area contributed by atoms with Crippen LogP contribution in [0.4, 0.5) is 11.4 Å². The highest BCUT2D eigenvalue weighted by atomic mass is 35.5. The first-order chi connectivity index (χ1) is 22.3. The van der Waals surface area contributed by atoms with Gasteiger partial charge in [-0.05, 0) is 74.4 Å². The fourth-order valence-electron chi connectivity index (χ4n) is 5.10. The molecule has 1 amide bonds. The second kappa shape index (κ2) is 14.4. The van der Waals surface area contributed by atoms with Crippen molar-refractivity contribution in [3.63, 3.8) is 0 Å². The van der Waals surface area contributed by atoms with Crippen molar-refractivity contribution >= 4 is 90.6 Å². The number of anilines is 2. The summed E-state index contributed by atoms with van der Waals surface area (Å²) in [6.07, 6.45) is 2.77. The van der Waals surface area contributed by atoms with Gasteiger partial charge in [0.25, 0.3) is 5.01 Å². The van der Waals surface area contributed by atoms with Gasteiger partial charge in [-0.3, -0.25) is 14.9 Å². The average Bonchev–Trinajstić information content (AvgIpc) is 3.54. The van der Waals surface area contributed by atoms with Crippen LogP contribution in [-0.4, -0.2) is 56.0 Å². The number of hydrogen-bond acceptors (Lipinski definition) is 11. The van der Waals surface area contributed by atoms with Crippen LogP contribution in [0, 0.1) is 6.92 Å². The van der Waals surface area contributed by atoms with Crippen molar-refractivity contribution in [2.45, 2.75) is 37.9 Å². The van der Waals surface area contributed by atoms with Gasteiger partial charge in [-0.2, -0.15) is 4.57 Å². The monoisotopic (exact) mass is 713 g/mol. The predicted molar refractivity (Wildman–Crippen MR) is 180 cm³/mol. The lowest BCUT2D eigenvalue weighted by molar-refractivity contribution is -0.672. The van der Waals surface area contributed by atoms with Crippen LogP contribution in [0.1, 0.15) is 34.3 Å². The van der Waals surface area contributed by atoms with Crippen molar-refractivity contribution in [2.24, 2.45) is 0 Å². The van der Waals surface area contributed by atoms with Crippen molar-refractivity contribution in [3.8, 4) is 0 Å². The molecule has 0 bridgehead atoms. The van der Waals surface area contributed by atoms with E-state index >= 15 is 0 Å². The van der Waals surface area contributed by atoms with Gasteiger partial charge in [0.2, 0.25) is 18.1 Å². The zero-order chi connectivity index (χ0) is 33.9. The molecule has 4 aromatic rings. The number of carbonyl (C=O) groups excluding carboxylic acids is 3. The molecule has 3 aromatic carbocycles.